The van der Waals surface area contributed by atoms with Crippen LogP contribution in [0.5, 0.6) is 5.75 Å². The lowest BCUT2D eigenvalue weighted by atomic mass is 10.0. The van der Waals surface area contributed by atoms with Gasteiger partial charge < -0.3 is 4.74 Å². The Kier molecular flexibility index (Phi) is 4.35. The second-order valence-electron chi connectivity index (χ2n) is 4.20. The van der Waals surface area contributed by atoms with Crippen LogP contribution >= 0.6 is 11.6 Å². The van der Waals surface area contributed by atoms with Gasteiger partial charge in [0, 0.05) is 12.0 Å². The number of ketones is 1. The second kappa shape index (κ2) is 6.01. The lowest BCUT2D eigenvalue weighted by Crippen LogP contribution is -2.04. The summed E-state index contributed by atoms with van der Waals surface area (Å²) in [6, 6.07) is 8.03. The maximum absolute atomic E-state index is 13.1. The predicted molar refractivity (Wildman–Crippen MR) is 72.4 cm³/mol. The zero-order chi connectivity index (χ0) is 14.7. The summed E-state index contributed by atoms with van der Waals surface area (Å²) in [4.78, 5) is 12.1. The van der Waals surface area contributed by atoms with Crippen LogP contribution < -0.4 is 4.74 Å². The molecule has 0 amide bonds. The molecule has 5 heteroatoms. The van der Waals surface area contributed by atoms with E-state index in [9.17, 15) is 13.6 Å². The summed E-state index contributed by atoms with van der Waals surface area (Å²) in [5.74, 6) is -1.74. The average Bonchev–Trinajstić information content (AvgIpc) is 2.43. The van der Waals surface area contributed by atoms with Crippen molar-refractivity contribution in [1.82, 2.24) is 0 Å². The molecular formula is C15H11ClF2O2. The lowest BCUT2D eigenvalue weighted by Gasteiger charge is -2.06. The van der Waals surface area contributed by atoms with Crippen molar-refractivity contribution in [3.63, 3.8) is 0 Å². The summed E-state index contributed by atoms with van der Waals surface area (Å²) in [7, 11) is 1.45. The van der Waals surface area contributed by atoms with Crippen molar-refractivity contribution in [2.45, 2.75) is 6.42 Å². The highest BCUT2D eigenvalue weighted by Crippen LogP contribution is 2.25. The molecule has 0 atom stereocenters. The first kappa shape index (κ1) is 14.5. The van der Waals surface area contributed by atoms with E-state index in [0.29, 0.717) is 21.9 Å². The molecule has 0 N–H and O–H groups in total. The minimum Gasteiger partial charge on any atom is -0.495 e. The van der Waals surface area contributed by atoms with Crippen molar-refractivity contribution in [1.29, 1.82) is 0 Å². The van der Waals surface area contributed by atoms with Crippen LogP contribution in [0.3, 0.4) is 0 Å². The average molecular weight is 297 g/mol. The number of hydrogen-bond acceptors (Lipinski definition) is 2. The Morgan fingerprint density at radius 1 is 1.15 bits per heavy atom. The largest absolute Gasteiger partial charge is 0.495 e. The van der Waals surface area contributed by atoms with Crippen molar-refractivity contribution in [2.24, 2.45) is 0 Å². The van der Waals surface area contributed by atoms with Gasteiger partial charge in [-0.3, -0.25) is 4.79 Å². The van der Waals surface area contributed by atoms with Crippen molar-refractivity contribution in [2.75, 3.05) is 7.11 Å². The maximum Gasteiger partial charge on any atom is 0.167 e. The zero-order valence-electron chi connectivity index (χ0n) is 10.6. The van der Waals surface area contributed by atoms with E-state index < -0.39 is 11.6 Å². The molecule has 104 valence electrons. The molecule has 0 unspecified atom stereocenters. The van der Waals surface area contributed by atoms with Gasteiger partial charge >= 0.3 is 0 Å². The minimum atomic E-state index is -0.969. The van der Waals surface area contributed by atoms with Gasteiger partial charge in [0.2, 0.25) is 0 Å². The SMILES string of the molecule is COc1cc(C(=O)Cc2ccc(F)c(F)c2)ccc1Cl. The van der Waals surface area contributed by atoms with Crippen molar-refractivity contribution < 1.29 is 18.3 Å². The summed E-state index contributed by atoms with van der Waals surface area (Å²) in [6.45, 7) is 0. The first-order chi connectivity index (χ1) is 9.51. The summed E-state index contributed by atoms with van der Waals surface area (Å²) in [6.07, 6.45) is -0.0258. The highest BCUT2D eigenvalue weighted by atomic mass is 35.5. The van der Waals surface area contributed by atoms with Crippen LogP contribution in [0.25, 0.3) is 0 Å². The number of Topliss-reactive ketones (excluding diaryl/α,β-unsaturated/α-hetero) is 1. The molecule has 0 bridgehead atoms. The third kappa shape index (κ3) is 3.14. The standard InChI is InChI=1S/C15H11ClF2O2/c1-20-15-8-10(3-4-11(15)16)14(19)7-9-2-5-12(17)13(18)6-9/h2-6,8H,7H2,1H3. The summed E-state index contributed by atoms with van der Waals surface area (Å²) in [5.41, 5.74) is 0.804. The van der Waals surface area contributed by atoms with E-state index in [-0.39, 0.29) is 12.2 Å². The van der Waals surface area contributed by atoms with E-state index >= 15 is 0 Å². The van der Waals surface area contributed by atoms with Gasteiger partial charge in [-0.2, -0.15) is 0 Å². The van der Waals surface area contributed by atoms with Gasteiger partial charge in [0.15, 0.2) is 17.4 Å². The Morgan fingerprint density at radius 3 is 2.55 bits per heavy atom. The van der Waals surface area contributed by atoms with Crippen LogP contribution in [0.15, 0.2) is 36.4 Å². The zero-order valence-corrected chi connectivity index (χ0v) is 11.4. The number of carbonyl (C=O) groups is 1. The first-order valence-corrected chi connectivity index (χ1v) is 6.19. The highest BCUT2D eigenvalue weighted by molar-refractivity contribution is 6.32. The van der Waals surface area contributed by atoms with E-state index in [0.717, 1.165) is 12.1 Å². The van der Waals surface area contributed by atoms with Crippen molar-refractivity contribution >= 4 is 17.4 Å². The topological polar surface area (TPSA) is 26.3 Å². The Morgan fingerprint density at radius 2 is 1.90 bits per heavy atom. The third-order valence-electron chi connectivity index (χ3n) is 2.82. The lowest BCUT2D eigenvalue weighted by molar-refractivity contribution is 0.0992. The van der Waals surface area contributed by atoms with E-state index in [1.165, 1.54) is 19.2 Å². The van der Waals surface area contributed by atoms with Gasteiger partial charge in [-0.15, -0.1) is 0 Å². The van der Waals surface area contributed by atoms with Gasteiger partial charge in [0.1, 0.15) is 5.75 Å². The van der Waals surface area contributed by atoms with Crippen LogP contribution in [0.4, 0.5) is 8.78 Å². The molecule has 0 saturated heterocycles. The molecule has 2 rings (SSSR count). The van der Waals surface area contributed by atoms with Crippen LogP contribution in [0.1, 0.15) is 15.9 Å². The molecule has 0 aliphatic carbocycles. The van der Waals surface area contributed by atoms with Gasteiger partial charge in [-0.05, 0) is 35.9 Å². The van der Waals surface area contributed by atoms with Gasteiger partial charge in [-0.25, -0.2) is 8.78 Å². The number of rotatable bonds is 4. The van der Waals surface area contributed by atoms with Gasteiger partial charge in [-0.1, -0.05) is 17.7 Å². The molecule has 0 heterocycles. The molecule has 20 heavy (non-hydrogen) atoms. The molecule has 0 fully saturated rings. The van der Waals surface area contributed by atoms with Crippen LogP contribution in [-0.2, 0) is 6.42 Å². The highest BCUT2D eigenvalue weighted by Gasteiger charge is 2.11. The first-order valence-electron chi connectivity index (χ1n) is 5.82. The fourth-order valence-electron chi connectivity index (χ4n) is 1.77. The molecule has 0 radical (unpaired) electrons. The van der Waals surface area contributed by atoms with Gasteiger partial charge in [0.25, 0.3) is 0 Å². The maximum atomic E-state index is 13.1. The van der Waals surface area contributed by atoms with E-state index in [4.69, 9.17) is 16.3 Å². The van der Waals surface area contributed by atoms with E-state index in [1.54, 1.807) is 12.1 Å². The number of ether oxygens (including phenoxy) is 1. The Balaban J connectivity index is 2.21. The normalized spacial score (nSPS) is 10.4. The van der Waals surface area contributed by atoms with E-state index in [2.05, 4.69) is 0 Å². The Labute approximate surface area is 119 Å². The quantitative estimate of drug-likeness (QED) is 0.796. The Bertz CT molecular complexity index is 656. The molecule has 0 saturated carbocycles. The molecule has 0 aromatic heterocycles. The number of carbonyl (C=O) groups excluding carboxylic acids is 1. The number of methoxy groups -OCH3 is 1. The van der Waals surface area contributed by atoms with Crippen LogP contribution in [-0.4, -0.2) is 12.9 Å². The van der Waals surface area contributed by atoms with Crippen LogP contribution in [0.2, 0.25) is 5.02 Å². The van der Waals surface area contributed by atoms with Crippen LogP contribution in [0, 0.1) is 11.6 Å². The summed E-state index contributed by atoms with van der Waals surface area (Å²) >= 11 is 5.87. The minimum absolute atomic E-state index is 0.0258. The van der Waals surface area contributed by atoms with Crippen molar-refractivity contribution in [3.05, 3.63) is 64.2 Å². The number of benzene rings is 2. The third-order valence-corrected chi connectivity index (χ3v) is 3.13. The monoisotopic (exact) mass is 296 g/mol. The smallest absolute Gasteiger partial charge is 0.167 e. The van der Waals surface area contributed by atoms with Gasteiger partial charge in [0.05, 0.1) is 12.1 Å². The fourth-order valence-corrected chi connectivity index (χ4v) is 1.96. The molecule has 2 aromatic rings. The van der Waals surface area contributed by atoms with E-state index in [1.807, 2.05) is 0 Å². The predicted octanol–water partition coefficient (Wildman–Crippen LogP) is 4.05. The summed E-state index contributed by atoms with van der Waals surface area (Å²) in [5, 5.41) is 0.400. The molecular weight excluding hydrogens is 286 g/mol. The molecule has 0 aliphatic rings. The number of halogens is 3. The molecule has 2 nitrogen and oxygen atoms in total. The second-order valence-corrected chi connectivity index (χ2v) is 4.60. The summed E-state index contributed by atoms with van der Waals surface area (Å²) < 4.78 is 30.9. The number of hydrogen-bond donors (Lipinski definition) is 0. The fraction of sp³-hybridized carbons (Fsp3) is 0.133. The Hall–Kier alpha value is -1.94. The molecule has 0 aliphatic heterocycles. The molecule has 0 spiro atoms. The molecule has 2 aromatic carbocycles. The van der Waals surface area contributed by atoms with Crippen molar-refractivity contribution in [3.8, 4) is 5.75 Å².